The van der Waals surface area contributed by atoms with Crippen molar-refractivity contribution in [2.45, 2.75) is 53.1 Å². The lowest BCUT2D eigenvalue weighted by atomic mass is 10.0. The van der Waals surface area contributed by atoms with Crippen LogP contribution in [0.25, 0.3) is 0 Å². The Morgan fingerprint density at radius 2 is 2.00 bits per heavy atom. The van der Waals surface area contributed by atoms with Gasteiger partial charge >= 0.3 is 0 Å². The zero-order valence-corrected chi connectivity index (χ0v) is 17.6. The van der Waals surface area contributed by atoms with Crippen molar-refractivity contribution in [2.75, 3.05) is 6.61 Å². The molecule has 0 aliphatic carbocycles. The molecule has 0 spiro atoms. The molecule has 2 amide bonds. The number of ether oxygens (including phenoxy) is 1. The molecule has 1 aromatic carbocycles. The summed E-state index contributed by atoms with van der Waals surface area (Å²) in [6.07, 6.45) is 0.469. The zero-order chi connectivity index (χ0) is 23.2. The largest absolute Gasteiger partial charge is 0.503 e. The smallest absolute Gasteiger partial charge is 0.276 e. The van der Waals surface area contributed by atoms with Crippen LogP contribution in [0.5, 0.6) is 5.75 Å². The van der Waals surface area contributed by atoms with Gasteiger partial charge in [-0.3, -0.25) is 14.4 Å². The summed E-state index contributed by atoms with van der Waals surface area (Å²) in [5, 5.41) is 13.0. The van der Waals surface area contributed by atoms with E-state index in [9.17, 15) is 28.3 Å². The zero-order valence-electron chi connectivity index (χ0n) is 17.6. The first kappa shape index (κ1) is 24.4. The van der Waals surface area contributed by atoms with Gasteiger partial charge in [-0.25, -0.2) is 8.78 Å². The molecule has 10 heteroatoms. The molecule has 2 N–H and O–H groups in total. The van der Waals surface area contributed by atoms with Crippen LogP contribution in [0.2, 0.25) is 0 Å². The van der Waals surface area contributed by atoms with Crippen molar-refractivity contribution in [3.63, 3.8) is 0 Å². The van der Waals surface area contributed by atoms with Crippen LogP contribution < -0.4 is 10.7 Å². The minimum absolute atomic E-state index is 0. The van der Waals surface area contributed by atoms with Crippen molar-refractivity contribution in [2.24, 2.45) is 5.92 Å². The van der Waals surface area contributed by atoms with E-state index >= 15 is 0 Å². The van der Waals surface area contributed by atoms with Crippen LogP contribution in [-0.2, 0) is 29.0 Å². The molecule has 33 heavy (non-hydrogen) atoms. The third kappa shape index (κ3) is 4.47. The Morgan fingerprint density at radius 3 is 2.67 bits per heavy atom. The predicted molar refractivity (Wildman–Crippen MR) is 116 cm³/mol. The molecule has 0 bridgehead atoms. The SMILES string of the molecule is C.CC(C)[C@@H]1COC2Cn3cc(CC(=O)NCc4ccc(F)cc4F)c(=O)c(O)c3C(=O)N21. The molecule has 8 nitrogen and oxygen atoms in total. The van der Waals surface area contributed by atoms with Crippen molar-refractivity contribution < 1.29 is 28.2 Å². The van der Waals surface area contributed by atoms with Gasteiger partial charge in [0.25, 0.3) is 5.91 Å². The Labute approximate surface area is 189 Å². The lowest BCUT2D eigenvalue weighted by Crippen LogP contribution is -2.50. The first-order valence-corrected chi connectivity index (χ1v) is 10.3. The van der Waals surface area contributed by atoms with E-state index in [1.54, 1.807) is 4.90 Å². The molecule has 2 aliphatic heterocycles. The molecule has 178 valence electrons. The third-order valence-electron chi connectivity index (χ3n) is 5.86. The van der Waals surface area contributed by atoms with Crippen molar-refractivity contribution in [1.29, 1.82) is 0 Å². The van der Waals surface area contributed by atoms with Gasteiger partial charge in [-0.2, -0.15) is 0 Å². The van der Waals surface area contributed by atoms with Crippen LogP contribution >= 0.6 is 0 Å². The minimum atomic E-state index is -0.813. The van der Waals surface area contributed by atoms with Crippen LogP contribution in [0, 0.1) is 17.6 Å². The number of benzene rings is 1. The second kappa shape index (κ2) is 9.30. The number of aromatic hydroxyl groups is 1. The molecule has 4 rings (SSSR count). The summed E-state index contributed by atoms with van der Waals surface area (Å²) in [5.41, 5.74) is -0.858. The number of fused-ring (bicyclic) bond motifs is 2. The number of carbonyl (C=O) groups is 2. The van der Waals surface area contributed by atoms with E-state index in [4.69, 9.17) is 4.74 Å². The van der Waals surface area contributed by atoms with E-state index in [0.717, 1.165) is 6.07 Å². The second-order valence-electron chi connectivity index (χ2n) is 8.33. The Bertz CT molecular complexity index is 1150. The van der Waals surface area contributed by atoms with Gasteiger partial charge < -0.3 is 24.6 Å². The van der Waals surface area contributed by atoms with Crippen molar-refractivity contribution in [3.05, 3.63) is 63.1 Å². The maximum Gasteiger partial charge on any atom is 0.276 e. The van der Waals surface area contributed by atoms with E-state index in [2.05, 4.69) is 5.32 Å². The van der Waals surface area contributed by atoms with Gasteiger partial charge in [0.2, 0.25) is 11.3 Å². The van der Waals surface area contributed by atoms with Crippen LogP contribution in [0.3, 0.4) is 0 Å². The number of carbonyl (C=O) groups excluding carboxylic acids is 2. The second-order valence-corrected chi connectivity index (χ2v) is 8.33. The number of amides is 2. The van der Waals surface area contributed by atoms with Gasteiger partial charge in [0.05, 0.1) is 25.6 Å². The first-order valence-electron chi connectivity index (χ1n) is 10.3. The van der Waals surface area contributed by atoms with Crippen LogP contribution in [0.4, 0.5) is 8.78 Å². The molecule has 2 aromatic rings. The molecule has 2 atom stereocenters. The Morgan fingerprint density at radius 1 is 1.27 bits per heavy atom. The summed E-state index contributed by atoms with van der Waals surface area (Å²) in [4.78, 5) is 39.5. The Balaban J connectivity index is 0.00000306. The van der Waals surface area contributed by atoms with Gasteiger partial charge in [0.15, 0.2) is 17.7 Å². The van der Waals surface area contributed by atoms with Gasteiger partial charge in [0.1, 0.15) is 11.6 Å². The van der Waals surface area contributed by atoms with Gasteiger partial charge in [-0.15, -0.1) is 0 Å². The average Bonchev–Trinajstić information content (AvgIpc) is 3.15. The maximum absolute atomic E-state index is 13.7. The maximum atomic E-state index is 13.7. The van der Waals surface area contributed by atoms with Crippen molar-refractivity contribution >= 4 is 11.8 Å². The fourth-order valence-electron chi connectivity index (χ4n) is 4.11. The molecule has 1 aromatic heterocycles. The van der Waals surface area contributed by atoms with E-state index in [-0.39, 0.29) is 55.7 Å². The summed E-state index contributed by atoms with van der Waals surface area (Å²) in [6.45, 7) is 4.31. The lowest BCUT2D eigenvalue weighted by Gasteiger charge is -2.36. The van der Waals surface area contributed by atoms with Crippen LogP contribution in [0.15, 0.2) is 29.2 Å². The first-order chi connectivity index (χ1) is 15.2. The molecular weight excluding hydrogens is 436 g/mol. The standard InChI is InChI=1S/C22H23F2N3O5.CH4/c1-11(2)16-10-32-18-9-26-8-13(20(29)21(30)19(26)22(31)27(16)18)5-17(28)25-7-12-3-4-14(23)6-15(12)24;/h3-4,6,8,11,16,18,30H,5,7,9-10H2,1-2H3,(H,25,28);1H4/t16-,18?;/m0./s1. The number of halogens is 2. The molecular formula is C23H27F2N3O5. The van der Waals surface area contributed by atoms with E-state index in [0.29, 0.717) is 12.7 Å². The summed E-state index contributed by atoms with van der Waals surface area (Å²) in [5.74, 6) is -3.18. The van der Waals surface area contributed by atoms with Crippen molar-refractivity contribution in [1.82, 2.24) is 14.8 Å². The fraction of sp³-hybridized carbons (Fsp3) is 0.435. The summed E-state index contributed by atoms with van der Waals surface area (Å²) in [6, 6.07) is 2.85. The molecule has 3 heterocycles. The number of aromatic nitrogens is 1. The normalized spacial score (nSPS) is 19.2. The van der Waals surface area contributed by atoms with Gasteiger partial charge in [0, 0.05) is 29.9 Å². The number of nitrogens with one attached hydrogen (secondary N) is 1. The van der Waals surface area contributed by atoms with E-state index in [1.165, 1.54) is 16.8 Å². The molecule has 1 unspecified atom stereocenters. The number of hydrogen-bond acceptors (Lipinski definition) is 5. The number of hydrogen-bond donors (Lipinski definition) is 2. The molecule has 1 saturated heterocycles. The topological polar surface area (TPSA) is 101 Å². The Hall–Kier alpha value is -3.27. The Kier molecular flexibility index (Phi) is 6.87. The summed E-state index contributed by atoms with van der Waals surface area (Å²) < 4.78 is 33.9. The van der Waals surface area contributed by atoms with Crippen molar-refractivity contribution in [3.8, 4) is 5.75 Å². The fourth-order valence-corrected chi connectivity index (χ4v) is 4.11. The van der Waals surface area contributed by atoms with Crippen LogP contribution in [0.1, 0.15) is 42.9 Å². The predicted octanol–water partition coefficient (Wildman–Crippen LogP) is 2.16. The van der Waals surface area contributed by atoms with E-state index in [1.807, 2.05) is 13.8 Å². The van der Waals surface area contributed by atoms with Crippen LogP contribution in [-0.4, -0.2) is 45.3 Å². The highest BCUT2D eigenvalue weighted by atomic mass is 19.1. The highest BCUT2D eigenvalue weighted by Gasteiger charge is 2.45. The van der Waals surface area contributed by atoms with Gasteiger partial charge in [-0.05, 0) is 12.0 Å². The lowest BCUT2D eigenvalue weighted by molar-refractivity contribution is -0.120. The molecule has 0 radical (unpaired) electrons. The highest BCUT2D eigenvalue weighted by Crippen LogP contribution is 2.32. The summed E-state index contributed by atoms with van der Waals surface area (Å²) in [7, 11) is 0. The van der Waals surface area contributed by atoms with Gasteiger partial charge in [-0.1, -0.05) is 27.3 Å². The molecule has 2 aliphatic rings. The highest BCUT2D eigenvalue weighted by molar-refractivity contribution is 5.96. The minimum Gasteiger partial charge on any atom is -0.503 e. The number of nitrogens with zero attached hydrogens (tertiary/aromatic N) is 2. The van der Waals surface area contributed by atoms with E-state index < -0.39 is 40.9 Å². The monoisotopic (exact) mass is 463 g/mol. The number of pyridine rings is 1. The third-order valence-corrected chi connectivity index (χ3v) is 5.86. The number of rotatable bonds is 5. The molecule has 0 saturated carbocycles. The summed E-state index contributed by atoms with van der Waals surface area (Å²) >= 11 is 0. The molecule has 1 fully saturated rings. The quantitative estimate of drug-likeness (QED) is 0.708. The average molecular weight is 463 g/mol.